The van der Waals surface area contributed by atoms with Gasteiger partial charge < -0.3 is 14.7 Å². The maximum absolute atomic E-state index is 13.9. The molecule has 158 valence electrons. The average molecular weight is 494 g/mol. The van der Waals surface area contributed by atoms with E-state index in [-0.39, 0.29) is 0 Å². The number of benzene rings is 2. The van der Waals surface area contributed by atoms with Gasteiger partial charge in [-0.25, -0.2) is 18.7 Å². The number of nitrogens with zero attached hydrogens (tertiary/aromatic N) is 3. The Labute approximate surface area is 189 Å². The Kier molecular flexibility index (Phi) is 4.25. The fourth-order valence-corrected chi connectivity index (χ4v) is 4.38. The Morgan fingerprint density at radius 2 is 1.81 bits per heavy atom. The molecule has 4 heterocycles. The van der Waals surface area contributed by atoms with Crippen LogP contribution in [0.25, 0.3) is 34.2 Å². The first kappa shape index (κ1) is 19.0. The number of H-pyrrole nitrogens is 2. The first-order valence-corrected chi connectivity index (χ1v) is 10.5. The first-order valence-electron chi connectivity index (χ1n) is 9.76. The van der Waals surface area contributed by atoms with Crippen LogP contribution in [-0.4, -0.2) is 24.5 Å². The summed E-state index contributed by atoms with van der Waals surface area (Å²) in [6, 6.07) is 12.9. The summed E-state index contributed by atoms with van der Waals surface area (Å²) in [7, 11) is 0. The number of hydrogen-bond donors (Lipinski definition) is 2. The SMILES string of the molecule is Fc1cc(F)cc([C@@H]2Oc3cc(-c4cnc(-c5ccc[nH]5)[nH]4)ccc3-c3ncc(Br)n32)c1. The molecule has 1 aliphatic rings. The van der Waals surface area contributed by atoms with Crippen molar-refractivity contribution in [3.05, 3.63) is 88.9 Å². The highest BCUT2D eigenvalue weighted by molar-refractivity contribution is 9.10. The van der Waals surface area contributed by atoms with E-state index in [1.165, 1.54) is 12.1 Å². The van der Waals surface area contributed by atoms with Crippen molar-refractivity contribution in [3.63, 3.8) is 0 Å². The summed E-state index contributed by atoms with van der Waals surface area (Å²) in [5, 5.41) is 0. The van der Waals surface area contributed by atoms with Crippen LogP contribution in [0.5, 0.6) is 5.75 Å². The third-order valence-corrected chi connectivity index (χ3v) is 5.94. The third kappa shape index (κ3) is 3.04. The largest absolute Gasteiger partial charge is 0.465 e. The van der Waals surface area contributed by atoms with Gasteiger partial charge in [-0.2, -0.15) is 0 Å². The van der Waals surface area contributed by atoms with E-state index in [0.29, 0.717) is 21.7 Å². The predicted molar refractivity (Wildman–Crippen MR) is 118 cm³/mol. The number of halogens is 3. The molecule has 32 heavy (non-hydrogen) atoms. The number of hydrogen-bond acceptors (Lipinski definition) is 3. The fraction of sp³-hybridized carbons (Fsp3) is 0.0435. The standard InChI is InChI=1S/C23H14BrF2N5O/c24-20-11-29-22-16-4-3-12(18-10-28-21(30-18)17-2-1-5-27-17)8-19(16)32-23(31(20)22)13-6-14(25)9-15(26)7-13/h1-11,23,27H,(H,28,30)/t23-/m0/s1. The van der Waals surface area contributed by atoms with Crippen LogP contribution in [0.1, 0.15) is 11.8 Å². The van der Waals surface area contributed by atoms with Gasteiger partial charge in [0.25, 0.3) is 0 Å². The fourth-order valence-electron chi connectivity index (χ4n) is 3.92. The Hall–Kier alpha value is -3.72. The van der Waals surface area contributed by atoms with E-state index in [2.05, 4.69) is 35.9 Å². The van der Waals surface area contributed by atoms with Crippen LogP contribution in [0, 0.1) is 11.6 Å². The molecule has 0 radical (unpaired) electrons. The monoisotopic (exact) mass is 493 g/mol. The third-order valence-electron chi connectivity index (χ3n) is 5.36. The number of ether oxygens (including phenoxy) is 1. The lowest BCUT2D eigenvalue weighted by Gasteiger charge is -2.29. The summed E-state index contributed by atoms with van der Waals surface area (Å²) in [5.41, 5.74) is 3.66. The van der Waals surface area contributed by atoms with Gasteiger partial charge in [-0.15, -0.1) is 0 Å². The van der Waals surface area contributed by atoms with Crippen LogP contribution in [-0.2, 0) is 0 Å². The number of aromatic amines is 2. The second-order valence-electron chi connectivity index (χ2n) is 7.39. The zero-order chi connectivity index (χ0) is 21.8. The van der Waals surface area contributed by atoms with E-state index < -0.39 is 17.9 Å². The minimum atomic E-state index is -0.786. The highest BCUT2D eigenvalue weighted by Gasteiger charge is 2.30. The predicted octanol–water partition coefficient (Wildman–Crippen LogP) is 5.92. The molecule has 6 nitrogen and oxygen atoms in total. The molecular weight excluding hydrogens is 480 g/mol. The molecule has 1 atom stereocenters. The summed E-state index contributed by atoms with van der Waals surface area (Å²) >= 11 is 3.47. The molecule has 9 heteroatoms. The molecule has 0 fully saturated rings. The molecule has 0 saturated carbocycles. The van der Waals surface area contributed by atoms with Gasteiger partial charge >= 0.3 is 0 Å². The van der Waals surface area contributed by atoms with E-state index in [4.69, 9.17) is 4.74 Å². The molecule has 6 rings (SSSR count). The van der Waals surface area contributed by atoms with Gasteiger partial charge in [0.05, 0.1) is 29.3 Å². The van der Waals surface area contributed by atoms with Gasteiger partial charge in [-0.05, 0) is 52.3 Å². The summed E-state index contributed by atoms with van der Waals surface area (Å²) in [6.45, 7) is 0. The molecular formula is C23H14BrF2N5O. The lowest BCUT2D eigenvalue weighted by molar-refractivity contribution is 0.165. The Morgan fingerprint density at radius 3 is 2.59 bits per heavy atom. The minimum absolute atomic E-state index is 0.342. The zero-order valence-electron chi connectivity index (χ0n) is 16.3. The maximum atomic E-state index is 13.9. The highest BCUT2D eigenvalue weighted by atomic mass is 79.9. The molecule has 0 spiro atoms. The number of nitrogens with one attached hydrogen (secondary N) is 2. The van der Waals surface area contributed by atoms with E-state index >= 15 is 0 Å². The van der Waals surface area contributed by atoms with Crippen LogP contribution in [0.15, 0.2) is 71.7 Å². The van der Waals surface area contributed by atoms with Crippen LogP contribution in [0.2, 0.25) is 0 Å². The molecule has 0 bridgehead atoms. The van der Waals surface area contributed by atoms with Gasteiger partial charge in [0.1, 0.15) is 27.8 Å². The van der Waals surface area contributed by atoms with Crippen LogP contribution in [0.3, 0.4) is 0 Å². The van der Waals surface area contributed by atoms with Crippen molar-refractivity contribution in [3.8, 4) is 39.9 Å². The lowest BCUT2D eigenvalue weighted by Crippen LogP contribution is -2.23. The van der Waals surface area contributed by atoms with Crippen molar-refractivity contribution < 1.29 is 13.5 Å². The van der Waals surface area contributed by atoms with Crippen molar-refractivity contribution in [2.45, 2.75) is 6.23 Å². The zero-order valence-corrected chi connectivity index (χ0v) is 17.9. The van der Waals surface area contributed by atoms with E-state index in [9.17, 15) is 8.78 Å². The van der Waals surface area contributed by atoms with Crippen LogP contribution < -0.4 is 4.74 Å². The lowest BCUT2D eigenvalue weighted by atomic mass is 10.1. The molecule has 0 unspecified atom stereocenters. The summed E-state index contributed by atoms with van der Waals surface area (Å²) in [5.74, 6) is 0.566. The van der Waals surface area contributed by atoms with Crippen molar-refractivity contribution >= 4 is 15.9 Å². The second kappa shape index (κ2) is 7.16. The normalized spacial score (nSPS) is 14.7. The van der Waals surface area contributed by atoms with E-state index in [0.717, 1.165) is 34.4 Å². The summed E-state index contributed by atoms with van der Waals surface area (Å²) in [4.78, 5) is 15.3. The second-order valence-corrected chi connectivity index (χ2v) is 8.20. The number of imidazole rings is 2. The van der Waals surface area contributed by atoms with Crippen molar-refractivity contribution in [1.29, 1.82) is 0 Å². The Balaban J connectivity index is 1.45. The van der Waals surface area contributed by atoms with E-state index in [1.54, 1.807) is 17.0 Å². The smallest absolute Gasteiger partial charge is 0.204 e. The molecule has 0 saturated heterocycles. The quantitative estimate of drug-likeness (QED) is 0.328. The molecule has 0 amide bonds. The van der Waals surface area contributed by atoms with Gasteiger partial charge in [0, 0.05) is 23.4 Å². The Bertz CT molecular complexity index is 1440. The van der Waals surface area contributed by atoms with Crippen molar-refractivity contribution in [2.24, 2.45) is 0 Å². The van der Waals surface area contributed by atoms with Crippen LogP contribution in [0.4, 0.5) is 8.78 Å². The van der Waals surface area contributed by atoms with Crippen molar-refractivity contribution in [1.82, 2.24) is 24.5 Å². The minimum Gasteiger partial charge on any atom is -0.465 e. The molecule has 5 aromatic rings. The Morgan fingerprint density at radius 1 is 0.969 bits per heavy atom. The summed E-state index contributed by atoms with van der Waals surface area (Å²) in [6.07, 6.45) is 4.44. The van der Waals surface area contributed by atoms with Crippen molar-refractivity contribution in [2.75, 3.05) is 0 Å². The van der Waals surface area contributed by atoms with E-state index in [1.807, 2.05) is 36.5 Å². The number of aromatic nitrogens is 5. The molecule has 0 aliphatic carbocycles. The van der Waals surface area contributed by atoms with Crippen LogP contribution >= 0.6 is 15.9 Å². The average Bonchev–Trinajstić information content (AvgIpc) is 3.53. The molecule has 2 aromatic carbocycles. The molecule has 1 aliphatic heterocycles. The first-order chi connectivity index (χ1) is 15.6. The van der Waals surface area contributed by atoms with Gasteiger partial charge in [-0.3, -0.25) is 4.57 Å². The highest BCUT2D eigenvalue weighted by Crippen LogP contribution is 2.43. The molecule has 3 aromatic heterocycles. The summed E-state index contributed by atoms with van der Waals surface area (Å²) < 4.78 is 36.5. The molecule has 2 N–H and O–H groups in total. The van der Waals surface area contributed by atoms with Gasteiger partial charge in [0.2, 0.25) is 6.23 Å². The maximum Gasteiger partial charge on any atom is 0.204 e. The number of rotatable bonds is 3. The number of fused-ring (bicyclic) bond motifs is 3. The van der Waals surface area contributed by atoms with Gasteiger partial charge in [0.15, 0.2) is 5.82 Å². The topological polar surface area (TPSA) is 71.5 Å². The van der Waals surface area contributed by atoms with Gasteiger partial charge in [-0.1, -0.05) is 6.07 Å².